The molecule has 0 unspecified atom stereocenters. The van der Waals surface area contributed by atoms with Gasteiger partial charge in [0.25, 0.3) is 0 Å². The van der Waals surface area contributed by atoms with E-state index in [-0.39, 0.29) is 5.78 Å². The molecule has 6 nitrogen and oxygen atoms in total. The summed E-state index contributed by atoms with van der Waals surface area (Å²) in [5, 5.41) is 0. The standard InChI is InChI=1S/C28H31N3O3/c1-18-5-7-21(8-6-18)15-23-19(2)29-20(3)30-27(23)31-13-11-28(12-14-31)17-25(32)24-16-22(33-4)9-10-26(24)34-28/h5-10,16H,11-15,17H2,1-4H3. The Balaban J connectivity index is 1.37. The number of hydrogen-bond acceptors (Lipinski definition) is 6. The summed E-state index contributed by atoms with van der Waals surface area (Å²) < 4.78 is 11.7. The van der Waals surface area contributed by atoms with Gasteiger partial charge in [-0.25, -0.2) is 9.97 Å². The molecule has 1 aromatic heterocycles. The van der Waals surface area contributed by atoms with Crippen molar-refractivity contribution in [2.75, 3.05) is 25.1 Å². The van der Waals surface area contributed by atoms with Crippen LogP contribution in [-0.4, -0.2) is 41.6 Å². The first-order valence-corrected chi connectivity index (χ1v) is 11.9. The molecule has 1 fully saturated rings. The highest BCUT2D eigenvalue weighted by atomic mass is 16.5. The van der Waals surface area contributed by atoms with Crippen molar-refractivity contribution in [2.24, 2.45) is 0 Å². The fourth-order valence-electron chi connectivity index (χ4n) is 5.10. The summed E-state index contributed by atoms with van der Waals surface area (Å²) in [4.78, 5) is 24.8. The smallest absolute Gasteiger partial charge is 0.170 e. The first-order valence-electron chi connectivity index (χ1n) is 11.9. The van der Waals surface area contributed by atoms with Crippen LogP contribution in [0, 0.1) is 20.8 Å². The van der Waals surface area contributed by atoms with Gasteiger partial charge in [-0.3, -0.25) is 4.79 Å². The lowest BCUT2D eigenvalue weighted by Crippen LogP contribution is -2.51. The van der Waals surface area contributed by atoms with E-state index in [1.165, 1.54) is 16.7 Å². The molecule has 34 heavy (non-hydrogen) atoms. The molecule has 0 radical (unpaired) electrons. The predicted molar refractivity (Wildman–Crippen MR) is 132 cm³/mol. The molecule has 2 aliphatic rings. The third-order valence-corrected chi connectivity index (χ3v) is 7.08. The molecule has 0 bridgehead atoms. The number of ether oxygens (including phenoxy) is 2. The van der Waals surface area contributed by atoms with Crippen molar-refractivity contribution >= 4 is 11.6 Å². The Morgan fingerprint density at radius 1 is 1.03 bits per heavy atom. The number of aromatic nitrogens is 2. The maximum Gasteiger partial charge on any atom is 0.170 e. The van der Waals surface area contributed by atoms with Crippen molar-refractivity contribution in [3.05, 3.63) is 76.2 Å². The van der Waals surface area contributed by atoms with Crippen molar-refractivity contribution in [1.82, 2.24) is 9.97 Å². The van der Waals surface area contributed by atoms with Gasteiger partial charge in [0.1, 0.15) is 28.7 Å². The molecule has 5 rings (SSSR count). The Morgan fingerprint density at radius 2 is 1.76 bits per heavy atom. The third-order valence-electron chi connectivity index (χ3n) is 7.08. The fraction of sp³-hybridized carbons (Fsp3) is 0.393. The zero-order valence-electron chi connectivity index (χ0n) is 20.4. The van der Waals surface area contributed by atoms with Crippen LogP contribution in [0.4, 0.5) is 5.82 Å². The number of fused-ring (bicyclic) bond motifs is 1. The summed E-state index contributed by atoms with van der Waals surface area (Å²) in [6.07, 6.45) is 2.75. The van der Waals surface area contributed by atoms with E-state index in [9.17, 15) is 4.79 Å². The van der Waals surface area contributed by atoms with Gasteiger partial charge >= 0.3 is 0 Å². The minimum absolute atomic E-state index is 0.127. The largest absolute Gasteiger partial charge is 0.497 e. The van der Waals surface area contributed by atoms with Crippen LogP contribution in [-0.2, 0) is 6.42 Å². The number of benzene rings is 2. The Morgan fingerprint density at radius 3 is 2.47 bits per heavy atom. The second kappa shape index (κ2) is 8.75. The van der Waals surface area contributed by atoms with Crippen molar-refractivity contribution < 1.29 is 14.3 Å². The number of carbonyl (C=O) groups excluding carboxylic acids is 1. The van der Waals surface area contributed by atoms with Gasteiger partial charge in [0.2, 0.25) is 0 Å². The normalized spacial score (nSPS) is 16.8. The molecule has 1 saturated heterocycles. The summed E-state index contributed by atoms with van der Waals surface area (Å²) >= 11 is 0. The van der Waals surface area contributed by atoms with E-state index in [0.717, 1.165) is 49.7 Å². The molecular weight excluding hydrogens is 426 g/mol. The molecule has 0 amide bonds. The zero-order valence-corrected chi connectivity index (χ0v) is 20.4. The first kappa shape index (κ1) is 22.4. The average molecular weight is 458 g/mol. The Bertz CT molecular complexity index is 1230. The molecule has 3 aromatic rings. The van der Waals surface area contributed by atoms with Gasteiger partial charge in [-0.2, -0.15) is 0 Å². The van der Waals surface area contributed by atoms with E-state index < -0.39 is 5.60 Å². The highest BCUT2D eigenvalue weighted by Gasteiger charge is 2.43. The second-order valence-electron chi connectivity index (χ2n) is 9.55. The average Bonchev–Trinajstić information content (AvgIpc) is 2.82. The van der Waals surface area contributed by atoms with E-state index in [2.05, 4.69) is 48.0 Å². The van der Waals surface area contributed by atoms with Crippen LogP contribution in [0.1, 0.15) is 57.8 Å². The van der Waals surface area contributed by atoms with Crippen LogP contribution in [0.2, 0.25) is 0 Å². The van der Waals surface area contributed by atoms with E-state index in [4.69, 9.17) is 14.5 Å². The number of Topliss-reactive ketones (excluding diaryl/α,β-unsaturated/α-hetero) is 1. The van der Waals surface area contributed by atoms with Crippen LogP contribution in [0.15, 0.2) is 42.5 Å². The summed E-state index contributed by atoms with van der Waals surface area (Å²) in [5.74, 6) is 3.26. The lowest BCUT2D eigenvalue weighted by Gasteiger charge is -2.44. The Hall–Kier alpha value is -3.41. The van der Waals surface area contributed by atoms with Crippen LogP contribution >= 0.6 is 0 Å². The first-order chi connectivity index (χ1) is 16.4. The number of aryl methyl sites for hydroxylation is 3. The maximum absolute atomic E-state index is 13.0. The quantitative estimate of drug-likeness (QED) is 0.549. The second-order valence-corrected chi connectivity index (χ2v) is 9.55. The van der Waals surface area contributed by atoms with Crippen LogP contribution < -0.4 is 14.4 Å². The maximum atomic E-state index is 13.0. The van der Waals surface area contributed by atoms with Crippen molar-refractivity contribution in [2.45, 2.75) is 52.1 Å². The summed E-state index contributed by atoms with van der Waals surface area (Å²) in [5.41, 5.74) is 4.87. The van der Waals surface area contributed by atoms with Gasteiger partial charge in [-0.15, -0.1) is 0 Å². The SMILES string of the molecule is COc1ccc2c(c1)C(=O)CC1(CCN(c3nc(C)nc(C)c3Cc3ccc(C)cc3)CC1)O2. The number of nitrogens with zero attached hydrogens (tertiary/aromatic N) is 3. The zero-order chi connectivity index (χ0) is 23.9. The lowest BCUT2D eigenvalue weighted by atomic mass is 9.82. The molecule has 0 atom stereocenters. The monoisotopic (exact) mass is 457 g/mol. The highest BCUT2D eigenvalue weighted by Crippen LogP contribution is 2.41. The van der Waals surface area contributed by atoms with Gasteiger partial charge in [0.15, 0.2) is 5.78 Å². The van der Waals surface area contributed by atoms with E-state index in [1.54, 1.807) is 13.2 Å². The Labute approximate surface area is 201 Å². The predicted octanol–water partition coefficient (Wildman–Crippen LogP) is 5.01. The van der Waals surface area contributed by atoms with Gasteiger partial charge in [0.05, 0.1) is 19.1 Å². The van der Waals surface area contributed by atoms with Gasteiger partial charge in [-0.1, -0.05) is 29.8 Å². The molecule has 0 saturated carbocycles. The molecule has 0 aliphatic carbocycles. The van der Waals surface area contributed by atoms with E-state index >= 15 is 0 Å². The van der Waals surface area contributed by atoms with Crippen LogP contribution in [0.25, 0.3) is 0 Å². The molecule has 6 heteroatoms. The lowest BCUT2D eigenvalue weighted by molar-refractivity contribution is 0.0230. The molecule has 1 spiro atoms. The molecule has 3 heterocycles. The summed E-state index contributed by atoms with van der Waals surface area (Å²) in [6, 6.07) is 14.1. The molecular formula is C28H31N3O3. The van der Waals surface area contributed by atoms with Gasteiger partial charge in [-0.05, 0) is 44.5 Å². The van der Waals surface area contributed by atoms with Crippen molar-refractivity contribution in [3.63, 3.8) is 0 Å². The molecule has 2 aromatic carbocycles. The summed E-state index contributed by atoms with van der Waals surface area (Å²) in [6.45, 7) is 7.70. The number of piperidine rings is 1. The van der Waals surface area contributed by atoms with Crippen LogP contribution in [0.5, 0.6) is 11.5 Å². The number of ketones is 1. The molecule has 2 aliphatic heterocycles. The van der Waals surface area contributed by atoms with Crippen LogP contribution in [0.3, 0.4) is 0 Å². The van der Waals surface area contributed by atoms with Gasteiger partial charge in [0, 0.05) is 43.6 Å². The highest BCUT2D eigenvalue weighted by molar-refractivity contribution is 6.00. The minimum Gasteiger partial charge on any atom is -0.497 e. The van der Waals surface area contributed by atoms with E-state index in [0.29, 0.717) is 23.5 Å². The summed E-state index contributed by atoms with van der Waals surface area (Å²) in [7, 11) is 1.61. The van der Waals surface area contributed by atoms with Crippen molar-refractivity contribution in [1.29, 1.82) is 0 Å². The number of carbonyl (C=O) groups is 1. The van der Waals surface area contributed by atoms with Crippen molar-refractivity contribution in [3.8, 4) is 11.5 Å². The Kier molecular flexibility index (Phi) is 5.76. The minimum atomic E-state index is -0.455. The topological polar surface area (TPSA) is 64.5 Å². The fourth-order valence-corrected chi connectivity index (χ4v) is 5.10. The number of rotatable bonds is 4. The number of anilines is 1. The number of hydrogen-bond donors (Lipinski definition) is 0. The van der Waals surface area contributed by atoms with Gasteiger partial charge < -0.3 is 14.4 Å². The molecule has 176 valence electrons. The molecule has 0 N–H and O–H groups in total. The van der Waals surface area contributed by atoms with E-state index in [1.807, 2.05) is 19.1 Å². The third kappa shape index (κ3) is 4.25. The number of methoxy groups -OCH3 is 1.